The average Bonchev–Trinajstić information content (AvgIpc) is 2.87. The van der Waals surface area contributed by atoms with Gasteiger partial charge in [-0.3, -0.25) is 4.79 Å². The number of nitrogens with one attached hydrogen (secondary N) is 1. The van der Waals surface area contributed by atoms with Gasteiger partial charge in [-0.2, -0.15) is 0 Å². The molecule has 0 fully saturated rings. The van der Waals surface area contributed by atoms with Crippen LogP contribution in [-0.4, -0.2) is 10.9 Å². The fourth-order valence-electron chi connectivity index (χ4n) is 1.50. The van der Waals surface area contributed by atoms with Crippen LogP contribution < -0.4 is 11.1 Å². The van der Waals surface area contributed by atoms with E-state index in [-0.39, 0.29) is 11.9 Å². The predicted molar refractivity (Wildman–Crippen MR) is 65.9 cm³/mol. The van der Waals surface area contributed by atoms with Crippen LogP contribution in [0.3, 0.4) is 0 Å². The summed E-state index contributed by atoms with van der Waals surface area (Å²) in [6, 6.07) is 3.42. The summed E-state index contributed by atoms with van der Waals surface area (Å²) in [6.45, 7) is 3.62. The molecular weight excluding hydrogens is 238 g/mol. The lowest BCUT2D eigenvalue weighted by Gasteiger charge is -2.10. The Morgan fingerprint density at radius 2 is 2.41 bits per heavy atom. The summed E-state index contributed by atoms with van der Waals surface area (Å²) in [5, 5.41) is 3.24. The van der Waals surface area contributed by atoms with Crippen LogP contribution in [0.4, 0.5) is 5.13 Å². The number of carbonyl (C=O) groups excluding carboxylic acids is 1. The Balaban J connectivity index is 2.09. The van der Waals surface area contributed by atoms with Crippen LogP contribution in [-0.2, 0) is 0 Å². The standard InChI is InChI=1S/C11H13N3O2S/c1-6(8-4-3-5-16-8)13-10(15)9-7(2)14-11(12)17-9/h3-6H,1-2H3,(H2,12,14)(H,13,15)/t6-/m1/s1. The van der Waals surface area contributed by atoms with E-state index in [0.717, 1.165) is 0 Å². The molecule has 0 aromatic carbocycles. The first-order valence-corrected chi connectivity index (χ1v) is 5.96. The lowest BCUT2D eigenvalue weighted by Crippen LogP contribution is -2.26. The van der Waals surface area contributed by atoms with E-state index in [2.05, 4.69) is 10.3 Å². The molecule has 2 heterocycles. The number of aryl methyl sites for hydroxylation is 1. The Morgan fingerprint density at radius 1 is 1.65 bits per heavy atom. The zero-order valence-electron chi connectivity index (χ0n) is 9.56. The maximum atomic E-state index is 11.9. The minimum Gasteiger partial charge on any atom is -0.467 e. The van der Waals surface area contributed by atoms with E-state index >= 15 is 0 Å². The maximum Gasteiger partial charge on any atom is 0.263 e. The van der Waals surface area contributed by atoms with Crippen molar-refractivity contribution in [2.45, 2.75) is 19.9 Å². The number of nitrogens with two attached hydrogens (primary N) is 1. The highest BCUT2D eigenvalue weighted by Crippen LogP contribution is 2.21. The third-order valence-electron chi connectivity index (χ3n) is 2.34. The highest BCUT2D eigenvalue weighted by atomic mass is 32.1. The number of nitrogen functional groups attached to an aromatic ring is 1. The van der Waals surface area contributed by atoms with E-state index < -0.39 is 0 Å². The third kappa shape index (κ3) is 2.47. The normalized spacial score (nSPS) is 12.4. The van der Waals surface area contributed by atoms with Crippen LogP contribution >= 0.6 is 11.3 Å². The van der Waals surface area contributed by atoms with Crippen molar-refractivity contribution in [1.29, 1.82) is 0 Å². The van der Waals surface area contributed by atoms with Gasteiger partial charge < -0.3 is 15.5 Å². The zero-order valence-corrected chi connectivity index (χ0v) is 10.4. The summed E-state index contributed by atoms with van der Waals surface area (Å²) in [7, 11) is 0. The van der Waals surface area contributed by atoms with Gasteiger partial charge in [-0.15, -0.1) is 0 Å². The SMILES string of the molecule is Cc1nc(N)sc1C(=O)N[C@H](C)c1ccco1. The molecule has 0 saturated carbocycles. The smallest absolute Gasteiger partial charge is 0.263 e. The van der Waals surface area contributed by atoms with Gasteiger partial charge in [-0.25, -0.2) is 4.98 Å². The van der Waals surface area contributed by atoms with Crippen molar-refractivity contribution in [2.75, 3.05) is 5.73 Å². The van der Waals surface area contributed by atoms with E-state index in [0.29, 0.717) is 21.5 Å². The number of rotatable bonds is 3. The highest BCUT2D eigenvalue weighted by Gasteiger charge is 2.17. The van der Waals surface area contributed by atoms with E-state index in [9.17, 15) is 4.79 Å². The second-order valence-electron chi connectivity index (χ2n) is 3.68. The van der Waals surface area contributed by atoms with Gasteiger partial charge in [0, 0.05) is 0 Å². The van der Waals surface area contributed by atoms with Crippen molar-refractivity contribution >= 4 is 22.4 Å². The lowest BCUT2D eigenvalue weighted by atomic mass is 10.2. The first kappa shape index (κ1) is 11.7. The van der Waals surface area contributed by atoms with Gasteiger partial charge in [-0.05, 0) is 26.0 Å². The van der Waals surface area contributed by atoms with E-state index in [4.69, 9.17) is 10.2 Å². The molecule has 0 aliphatic carbocycles. The van der Waals surface area contributed by atoms with Gasteiger partial charge in [0.1, 0.15) is 10.6 Å². The molecule has 0 aliphatic rings. The van der Waals surface area contributed by atoms with Gasteiger partial charge in [0.25, 0.3) is 5.91 Å². The van der Waals surface area contributed by atoms with Gasteiger partial charge in [0.2, 0.25) is 0 Å². The van der Waals surface area contributed by atoms with Crippen molar-refractivity contribution in [1.82, 2.24) is 10.3 Å². The van der Waals surface area contributed by atoms with Gasteiger partial charge in [0.15, 0.2) is 5.13 Å². The van der Waals surface area contributed by atoms with Gasteiger partial charge in [-0.1, -0.05) is 11.3 Å². The molecule has 0 aliphatic heterocycles. The number of carbonyl (C=O) groups is 1. The van der Waals surface area contributed by atoms with Crippen LogP contribution in [0, 0.1) is 6.92 Å². The van der Waals surface area contributed by atoms with Crippen molar-refractivity contribution in [3.8, 4) is 0 Å². The average molecular weight is 251 g/mol. The molecule has 3 N–H and O–H groups in total. The van der Waals surface area contributed by atoms with Crippen LogP contribution in [0.15, 0.2) is 22.8 Å². The Labute approximate surface area is 103 Å². The minimum absolute atomic E-state index is 0.180. The summed E-state index contributed by atoms with van der Waals surface area (Å²) in [6.07, 6.45) is 1.58. The third-order valence-corrected chi connectivity index (χ3v) is 3.32. The Hall–Kier alpha value is -1.82. The largest absolute Gasteiger partial charge is 0.467 e. The molecule has 1 amide bonds. The Morgan fingerprint density at radius 3 is 2.94 bits per heavy atom. The van der Waals surface area contributed by atoms with E-state index in [1.54, 1.807) is 19.3 Å². The molecule has 0 spiro atoms. The maximum absolute atomic E-state index is 11.9. The Kier molecular flexibility index (Phi) is 3.14. The molecule has 2 aromatic rings. The van der Waals surface area contributed by atoms with Gasteiger partial charge >= 0.3 is 0 Å². The molecule has 6 heteroatoms. The molecular formula is C11H13N3O2S. The molecule has 0 unspecified atom stereocenters. The fourth-order valence-corrected chi connectivity index (χ4v) is 2.24. The zero-order chi connectivity index (χ0) is 12.4. The summed E-state index contributed by atoms with van der Waals surface area (Å²) in [4.78, 5) is 16.5. The van der Waals surface area contributed by atoms with Crippen molar-refractivity contribution < 1.29 is 9.21 Å². The number of hydrogen-bond donors (Lipinski definition) is 2. The monoisotopic (exact) mass is 251 g/mol. The predicted octanol–water partition coefficient (Wildman–Crippen LogP) is 2.12. The van der Waals surface area contributed by atoms with E-state index in [1.165, 1.54) is 11.3 Å². The number of aromatic nitrogens is 1. The summed E-state index contributed by atoms with van der Waals surface area (Å²) in [5.41, 5.74) is 6.20. The Bertz CT molecular complexity index is 519. The number of anilines is 1. The molecule has 17 heavy (non-hydrogen) atoms. The molecule has 0 saturated heterocycles. The van der Waals surface area contributed by atoms with Crippen LogP contribution in [0.5, 0.6) is 0 Å². The lowest BCUT2D eigenvalue weighted by molar-refractivity contribution is 0.0938. The van der Waals surface area contributed by atoms with E-state index in [1.807, 2.05) is 13.0 Å². The summed E-state index contributed by atoms with van der Waals surface area (Å²) >= 11 is 1.19. The molecule has 2 rings (SSSR count). The first-order chi connectivity index (χ1) is 8.08. The topological polar surface area (TPSA) is 81.1 Å². The van der Waals surface area contributed by atoms with Crippen molar-refractivity contribution in [3.63, 3.8) is 0 Å². The number of hydrogen-bond acceptors (Lipinski definition) is 5. The molecule has 0 radical (unpaired) electrons. The molecule has 2 aromatic heterocycles. The number of amides is 1. The van der Waals surface area contributed by atoms with Gasteiger partial charge in [0.05, 0.1) is 18.0 Å². The van der Waals surface area contributed by atoms with Crippen LogP contribution in [0.1, 0.15) is 34.1 Å². The fraction of sp³-hybridized carbons (Fsp3) is 0.273. The minimum atomic E-state index is -0.180. The van der Waals surface area contributed by atoms with Crippen molar-refractivity contribution in [2.24, 2.45) is 0 Å². The highest BCUT2D eigenvalue weighted by molar-refractivity contribution is 7.17. The van der Waals surface area contributed by atoms with Crippen LogP contribution in [0.25, 0.3) is 0 Å². The van der Waals surface area contributed by atoms with Crippen molar-refractivity contribution in [3.05, 3.63) is 34.7 Å². The summed E-state index contributed by atoms with van der Waals surface area (Å²) in [5.74, 6) is 0.536. The first-order valence-electron chi connectivity index (χ1n) is 5.15. The number of furan rings is 1. The second kappa shape index (κ2) is 4.58. The number of thiazole rings is 1. The van der Waals surface area contributed by atoms with Crippen LogP contribution in [0.2, 0.25) is 0 Å². The molecule has 90 valence electrons. The second-order valence-corrected chi connectivity index (χ2v) is 4.71. The molecule has 5 nitrogen and oxygen atoms in total. The molecule has 1 atom stereocenters. The quantitative estimate of drug-likeness (QED) is 0.875. The molecule has 0 bridgehead atoms. The summed E-state index contributed by atoms with van der Waals surface area (Å²) < 4.78 is 5.22. The number of nitrogens with zero attached hydrogens (tertiary/aromatic N) is 1.